The second-order valence-electron chi connectivity index (χ2n) is 5.78. The molecule has 0 saturated heterocycles. The zero-order chi connectivity index (χ0) is 15.7. The molecule has 0 radical (unpaired) electrons. The van der Waals surface area contributed by atoms with Gasteiger partial charge in [0, 0.05) is 4.88 Å². The summed E-state index contributed by atoms with van der Waals surface area (Å²) < 4.78 is 14.2. The summed E-state index contributed by atoms with van der Waals surface area (Å²) in [6.45, 7) is 1.94. The van der Waals surface area contributed by atoms with Crippen molar-refractivity contribution in [3.05, 3.63) is 57.0 Å². The molecule has 1 amide bonds. The van der Waals surface area contributed by atoms with Gasteiger partial charge in [-0.15, -0.1) is 11.3 Å². The van der Waals surface area contributed by atoms with E-state index in [2.05, 4.69) is 5.32 Å². The summed E-state index contributed by atoms with van der Waals surface area (Å²) in [7, 11) is 0. The van der Waals surface area contributed by atoms with Gasteiger partial charge in [0.25, 0.3) is 0 Å². The van der Waals surface area contributed by atoms with Gasteiger partial charge >= 0.3 is 0 Å². The number of halogens is 2. The number of nitrogens with one attached hydrogen (secondary N) is 1. The molecule has 1 atom stereocenters. The van der Waals surface area contributed by atoms with Gasteiger partial charge in [-0.1, -0.05) is 30.2 Å². The first kappa shape index (κ1) is 15.5. The first-order valence-corrected chi connectivity index (χ1v) is 8.53. The maximum absolute atomic E-state index is 13.5. The first-order chi connectivity index (χ1) is 10.5. The summed E-state index contributed by atoms with van der Waals surface area (Å²) in [5.41, 5.74) is 0.185. The monoisotopic (exact) mass is 337 g/mol. The normalized spacial score (nSPS) is 17.6. The van der Waals surface area contributed by atoms with Crippen LogP contribution >= 0.6 is 22.9 Å². The van der Waals surface area contributed by atoms with E-state index in [4.69, 9.17) is 11.6 Å². The molecule has 1 aliphatic rings. The zero-order valence-electron chi connectivity index (χ0n) is 12.2. The van der Waals surface area contributed by atoms with Crippen molar-refractivity contribution in [1.82, 2.24) is 5.32 Å². The van der Waals surface area contributed by atoms with E-state index in [0.29, 0.717) is 4.34 Å². The lowest BCUT2D eigenvalue weighted by Crippen LogP contribution is -2.49. The molecule has 1 aromatic carbocycles. The number of hydrogen-bond donors (Lipinski definition) is 1. The average Bonchev–Trinajstić information content (AvgIpc) is 2.84. The molecule has 0 spiro atoms. The Bertz CT molecular complexity index is 695. The van der Waals surface area contributed by atoms with Crippen molar-refractivity contribution in [2.45, 2.75) is 37.6 Å². The van der Waals surface area contributed by atoms with Gasteiger partial charge in [0.1, 0.15) is 5.82 Å². The highest BCUT2D eigenvalue weighted by molar-refractivity contribution is 7.16. The Morgan fingerprint density at radius 2 is 2.14 bits per heavy atom. The average molecular weight is 338 g/mol. The molecule has 3 rings (SSSR count). The molecular formula is C17H17ClFNOS. The number of thiophene rings is 1. The maximum Gasteiger partial charge on any atom is 0.231 e. The molecule has 5 heteroatoms. The smallest absolute Gasteiger partial charge is 0.231 e. The fourth-order valence-electron chi connectivity index (χ4n) is 2.93. The minimum Gasteiger partial charge on any atom is -0.348 e. The molecular weight excluding hydrogens is 321 g/mol. The summed E-state index contributed by atoms with van der Waals surface area (Å²) in [6.07, 6.45) is 2.52. The SMILES string of the molecule is CC(NC(=O)C1(c2cccc(F)c2)CCC1)c1ccc(Cl)s1. The highest BCUT2D eigenvalue weighted by Gasteiger charge is 2.46. The molecule has 2 nitrogen and oxygen atoms in total. The van der Waals surface area contributed by atoms with Crippen molar-refractivity contribution in [3.8, 4) is 0 Å². The number of carbonyl (C=O) groups is 1. The third-order valence-electron chi connectivity index (χ3n) is 4.39. The molecule has 1 aromatic heterocycles. The quantitative estimate of drug-likeness (QED) is 0.849. The van der Waals surface area contributed by atoms with E-state index in [9.17, 15) is 9.18 Å². The maximum atomic E-state index is 13.5. The Balaban J connectivity index is 1.80. The van der Waals surface area contributed by atoms with E-state index in [0.717, 1.165) is 29.7 Å². The van der Waals surface area contributed by atoms with Crippen LogP contribution in [0.3, 0.4) is 0 Å². The second-order valence-corrected chi connectivity index (χ2v) is 7.53. The molecule has 1 fully saturated rings. The van der Waals surface area contributed by atoms with Gasteiger partial charge in [0.2, 0.25) is 5.91 Å². The summed E-state index contributed by atoms with van der Waals surface area (Å²) in [5.74, 6) is -0.323. The van der Waals surface area contributed by atoms with Gasteiger partial charge < -0.3 is 5.32 Å². The van der Waals surface area contributed by atoms with Crippen molar-refractivity contribution in [2.24, 2.45) is 0 Å². The first-order valence-electron chi connectivity index (χ1n) is 7.33. The third kappa shape index (κ3) is 2.77. The molecule has 1 saturated carbocycles. The number of benzene rings is 1. The Morgan fingerprint density at radius 3 is 2.68 bits per heavy atom. The van der Waals surface area contributed by atoms with E-state index in [1.54, 1.807) is 6.07 Å². The fraction of sp³-hybridized carbons (Fsp3) is 0.353. The van der Waals surface area contributed by atoms with Crippen molar-refractivity contribution >= 4 is 28.8 Å². The van der Waals surface area contributed by atoms with E-state index >= 15 is 0 Å². The van der Waals surface area contributed by atoms with Gasteiger partial charge in [-0.25, -0.2) is 4.39 Å². The Hall–Kier alpha value is -1.39. The van der Waals surface area contributed by atoms with E-state index in [-0.39, 0.29) is 17.8 Å². The standard InChI is InChI=1S/C17H17ClFNOS/c1-11(14-6-7-15(18)22-14)20-16(21)17(8-3-9-17)12-4-2-5-13(19)10-12/h2,4-7,10-11H,3,8-9H2,1H3,(H,20,21). The predicted molar refractivity (Wildman–Crippen MR) is 87.8 cm³/mol. The lowest BCUT2D eigenvalue weighted by molar-refractivity contribution is -0.130. The van der Waals surface area contributed by atoms with Crippen molar-refractivity contribution in [1.29, 1.82) is 0 Å². The summed E-state index contributed by atoms with van der Waals surface area (Å²) >= 11 is 7.41. The lowest BCUT2D eigenvalue weighted by atomic mass is 9.63. The van der Waals surface area contributed by atoms with Crippen LogP contribution in [0.5, 0.6) is 0 Å². The minimum atomic E-state index is -0.586. The van der Waals surface area contributed by atoms with Crippen LogP contribution < -0.4 is 5.32 Å². The molecule has 0 aliphatic heterocycles. The molecule has 1 unspecified atom stereocenters. The van der Waals surface area contributed by atoms with E-state index in [1.165, 1.54) is 23.5 Å². The Kier molecular flexibility index (Phi) is 4.24. The van der Waals surface area contributed by atoms with Crippen LogP contribution in [0.2, 0.25) is 4.34 Å². The summed E-state index contributed by atoms with van der Waals surface area (Å²) in [4.78, 5) is 13.8. The number of hydrogen-bond acceptors (Lipinski definition) is 2. The minimum absolute atomic E-state index is 0.0265. The van der Waals surface area contributed by atoms with Gasteiger partial charge in [0.15, 0.2) is 0 Å². The molecule has 2 aromatic rings. The van der Waals surface area contributed by atoms with Gasteiger partial charge in [-0.2, -0.15) is 0 Å². The van der Waals surface area contributed by atoms with Crippen LogP contribution in [0.25, 0.3) is 0 Å². The van der Waals surface area contributed by atoms with Gasteiger partial charge in [-0.05, 0) is 49.6 Å². The summed E-state index contributed by atoms with van der Waals surface area (Å²) in [5, 5.41) is 3.06. The Morgan fingerprint density at radius 1 is 1.36 bits per heavy atom. The highest BCUT2D eigenvalue weighted by atomic mass is 35.5. The largest absolute Gasteiger partial charge is 0.348 e. The molecule has 1 aliphatic carbocycles. The van der Waals surface area contributed by atoms with Crippen LogP contribution in [0, 0.1) is 5.82 Å². The fourth-order valence-corrected chi connectivity index (χ4v) is 3.99. The van der Waals surface area contributed by atoms with Crippen molar-refractivity contribution < 1.29 is 9.18 Å². The molecule has 0 bridgehead atoms. The van der Waals surface area contributed by atoms with Crippen LogP contribution in [-0.2, 0) is 10.2 Å². The van der Waals surface area contributed by atoms with Crippen LogP contribution in [-0.4, -0.2) is 5.91 Å². The molecule has 1 heterocycles. The molecule has 116 valence electrons. The van der Waals surface area contributed by atoms with E-state index < -0.39 is 5.41 Å². The number of rotatable bonds is 4. The van der Waals surface area contributed by atoms with Crippen molar-refractivity contribution in [3.63, 3.8) is 0 Å². The predicted octanol–water partition coefficient (Wildman–Crippen LogP) is 4.84. The second kappa shape index (κ2) is 6.01. The van der Waals surface area contributed by atoms with Crippen molar-refractivity contribution in [2.75, 3.05) is 0 Å². The topological polar surface area (TPSA) is 29.1 Å². The van der Waals surface area contributed by atoms with Crippen LogP contribution in [0.4, 0.5) is 4.39 Å². The lowest BCUT2D eigenvalue weighted by Gasteiger charge is -2.41. The Labute approximate surface area is 138 Å². The zero-order valence-corrected chi connectivity index (χ0v) is 13.8. The van der Waals surface area contributed by atoms with Gasteiger partial charge in [0.05, 0.1) is 15.8 Å². The number of carbonyl (C=O) groups excluding carboxylic acids is 1. The van der Waals surface area contributed by atoms with Gasteiger partial charge in [-0.3, -0.25) is 4.79 Å². The molecule has 22 heavy (non-hydrogen) atoms. The summed E-state index contributed by atoms with van der Waals surface area (Å²) in [6, 6.07) is 10.0. The number of amides is 1. The molecule has 1 N–H and O–H groups in total. The van der Waals surface area contributed by atoms with Crippen LogP contribution in [0.1, 0.15) is 42.7 Å². The third-order valence-corrected chi connectivity index (χ3v) is 5.80. The highest BCUT2D eigenvalue weighted by Crippen LogP contribution is 2.44. The van der Waals surface area contributed by atoms with E-state index in [1.807, 2.05) is 25.1 Å². The van der Waals surface area contributed by atoms with Crippen LogP contribution in [0.15, 0.2) is 36.4 Å².